The van der Waals surface area contributed by atoms with E-state index in [4.69, 9.17) is 37.2 Å². The summed E-state index contributed by atoms with van der Waals surface area (Å²) in [7, 11) is -0.693. The molecule has 3 aromatic rings. The number of ether oxygens (including phenoxy) is 1. The van der Waals surface area contributed by atoms with E-state index < -0.39 is 24.4 Å². The van der Waals surface area contributed by atoms with E-state index >= 15 is 0 Å². The Hall–Kier alpha value is -2.77. The van der Waals surface area contributed by atoms with Gasteiger partial charge in [0.1, 0.15) is 6.61 Å². The Labute approximate surface area is 234 Å². The molecular weight excluding hydrogens is 520 g/mol. The molecule has 5 rings (SSSR count). The molecule has 0 saturated carbocycles. The first-order valence-corrected chi connectivity index (χ1v) is 13.4. The summed E-state index contributed by atoms with van der Waals surface area (Å²) in [5.74, 6) is -0.0202. The number of benzene rings is 3. The fraction of sp³-hybridized carbons (Fsp3) is 0.300. The number of amides is 1. The first kappa shape index (κ1) is 26.8. The van der Waals surface area contributed by atoms with Crippen LogP contribution in [0.4, 0.5) is 4.79 Å². The summed E-state index contributed by atoms with van der Waals surface area (Å²) >= 11 is 12.9. The fourth-order valence-corrected chi connectivity index (χ4v) is 5.36. The number of rotatable bonds is 6. The molecule has 1 amide bonds. The molecule has 0 bridgehead atoms. The molecule has 0 unspecified atom stereocenters. The zero-order valence-electron chi connectivity index (χ0n) is 21.9. The summed E-state index contributed by atoms with van der Waals surface area (Å²) in [6.07, 6.45) is 1.29. The van der Waals surface area contributed by atoms with Gasteiger partial charge in [-0.15, -0.1) is 0 Å². The summed E-state index contributed by atoms with van der Waals surface area (Å²) in [5.41, 5.74) is 4.89. The Morgan fingerprint density at radius 2 is 1.42 bits per heavy atom. The molecule has 1 heterocycles. The lowest BCUT2D eigenvalue weighted by Gasteiger charge is -2.32. The van der Waals surface area contributed by atoms with Crippen molar-refractivity contribution < 1.29 is 18.8 Å². The predicted octanol–water partition coefficient (Wildman–Crippen LogP) is 7.55. The first-order valence-electron chi connectivity index (χ1n) is 12.7. The fourth-order valence-electron chi connectivity index (χ4n) is 4.85. The maximum atomic E-state index is 12.9. The number of alkyl carbamates (subject to hydrolysis) is 1. The Morgan fingerprint density at radius 3 is 1.97 bits per heavy atom. The second-order valence-electron chi connectivity index (χ2n) is 10.6. The largest absolute Gasteiger partial charge is 0.492 e. The van der Waals surface area contributed by atoms with Crippen molar-refractivity contribution in [2.75, 3.05) is 13.2 Å². The monoisotopic (exact) mass is 549 g/mol. The van der Waals surface area contributed by atoms with Crippen molar-refractivity contribution in [1.29, 1.82) is 0 Å². The van der Waals surface area contributed by atoms with Gasteiger partial charge in [0.15, 0.2) is 0 Å². The maximum absolute atomic E-state index is 12.9. The first-order chi connectivity index (χ1) is 18.1. The number of hydrogen-bond donors (Lipinski definition) is 1. The van der Waals surface area contributed by atoms with Crippen molar-refractivity contribution in [3.8, 4) is 11.1 Å². The van der Waals surface area contributed by atoms with Crippen LogP contribution >= 0.6 is 23.2 Å². The number of hydrogen-bond acceptors (Lipinski definition) is 4. The third-order valence-corrected chi connectivity index (χ3v) is 8.33. The zero-order valence-corrected chi connectivity index (χ0v) is 23.4. The summed E-state index contributed by atoms with van der Waals surface area (Å²) in [5, 5.41) is 3.86. The molecule has 8 heteroatoms. The van der Waals surface area contributed by atoms with Gasteiger partial charge in [0.2, 0.25) is 0 Å². The van der Waals surface area contributed by atoms with Crippen LogP contribution in [0, 0.1) is 0 Å². The number of fused-ring (bicyclic) bond motifs is 3. The molecule has 1 saturated heterocycles. The Bertz CT molecular complexity index is 1320. The zero-order chi connectivity index (χ0) is 27.1. The van der Waals surface area contributed by atoms with Crippen LogP contribution in [0.5, 0.6) is 0 Å². The highest BCUT2D eigenvalue weighted by atomic mass is 35.5. The van der Waals surface area contributed by atoms with Crippen molar-refractivity contribution in [3.05, 3.63) is 98.9 Å². The van der Waals surface area contributed by atoms with Gasteiger partial charge in [-0.3, -0.25) is 0 Å². The highest BCUT2D eigenvalue weighted by Crippen LogP contribution is 2.44. The normalized spacial score (nSPS) is 17.7. The SMILES string of the molecule is CC1(C)OB(C(=Cc2c(Cl)cccc2Cl)CNC(=O)OCC2c3ccccc3-c3ccccc32)OC1(C)C. The molecule has 3 aromatic carbocycles. The van der Waals surface area contributed by atoms with Crippen molar-refractivity contribution >= 4 is 42.5 Å². The molecule has 0 spiro atoms. The van der Waals surface area contributed by atoms with Gasteiger partial charge in [0, 0.05) is 28.1 Å². The van der Waals surface area contributed by atoms with Gasteiger partial charge in [-0.25, -0.2) is 4.79 Å². The van der Waals surface area contributed by atoms with Gasteiger partial charge in [0.25, 0.3) is 0 Å². The van der Waals surface area contributed by atoms with Crippen LogP contribution in [0.25, 0.3) is 17.2 Å². The summed E-state index contributed by atoms with van der Waals surface area (Å²) in [6, 6.07) is 21.8. The summed E-state index contributed by atoms with van der Waals surface area (Å²) in [4.78, 5) is 12.9. The molecule has 1 aliphatic heterocycles. The third-order valence-electron chi connectivity index (χ3n) is 7.67. The van der Waals surface area contributed by atoms with Gasteiger partial charge in [0.05, 0.1) is 11.2 Å². The van der Waals surface area contributed by atoms with Crippen LogP contribution in [0.3, 0.4) is 0 Å². The van der Waals surface area contributed by atoms with Crippen LogP contribution in [-0.4, -0.2) is 37.6 Å². The average molecular weight is 550 g/mol. The molecule has 38 heavy (non-hydrogen) atoms. The lowest BCUT2D eigenvalue weighted by molar-refractivity contribution is 0.00578. The highest BCUT2D eigenvalue weighted by Gasteiger charge is 2.52. The molecule has 1 N–H and O–H groups in total. The van der Waals surface area contributed by atoms with Crippen molar-refractivity contribution in [3.63, 3.8) is 0 Å². The number of carbonyl (C=O) groups excluding carboxylic acids is 1. The Balaban J connectivity index is 1.32. The minimum atomic E-state index is -0.693. The van der Waals surface area contributed by atoms with Gasteiger partial charge < -0.3 is 19.4 Å². The Kier molecular flexibility index (Phi) is 7.36. The Morgan fingerprint density at radius 1 is 0.895 bits per heavy atom. The summed E-state index contributed by atoms with van der Waals surface area (Å²) in [6.45, 7) is 8.27. The van der Waals surface area contributed by atoms with Crippen LogP contribution in [-0.2, 0) is 14.0 Å². The second kappa shape index (κ2) is 10.4. The predicted molar refractivity (Wildman–Crippen MR) is 154 cm³/mol. The van der Waals surface area contributed by atoms with Crippen molar-refractivity contribution in [2.24, 2.45) is 0 Å². The minimum Gasteiger partial charge on any atom is -0.449 e. The van der Waals surface area contributed by atoms with Crippen LogP contribution in [0.1, 0.15) is 50.3 Å². The average Bonchev–Trinajstić information content (AvgIpc) is 3.31. The molecule has 0 aromatic heterocycles. The van der Waals surface area contributed by atoms with Crippen LogP contribution < -0.4 is 5.32 Å². The molecule has 5 nitrogen and oxygen atoms in total. The van der Waals surface area contributed by atoms with Gasteiger partial charge in [-0.05, 0) is 67.6 Å². The quantitative estimate of drug-likeness (QED) is 0.322. The standard InChI is InChI=1S/C30H30BCl2NO4/c1-29(2)30(3,4)38-31(37-29)19(16-24-26(32)14-9-15-27(24)33)17-34-28(35)36-18-25-22-12-7-5-10-20(22)21-11-6-8-13-23(21)25/h5-16,25H,17-18H2,1-4H3,(H,34,35). The van der Waals surface area contributed by atoms with Crippen molar-refractivity contribution in [1.82, 2.24) is 5.32 Å². The van der Waals surface area contributed by atoms with E-state index in [1.54, 1.807) is 18.2 Å². The third kappa shape index (κ3) is 5.11. The van der Waals surface area contributed by atoms with Crippen LogP contribution in [0.15, 0.2) is 72.2 Å². The molecule has 1 aliphatic carbocycles. The number of nitrogens with one attached hydrogen (secondary N) is 1. The van der Waals surface area contributed by atoms with E-state index in [0.29, 0.717) is 21.1 Å². The lowest BCUT2D eigenvalue weighted by atomic mass is 9.77. The van der Waals surface area contributed by atoms with Gasteiger partial charge >= 0.3 is 13.2 Å². The van der Waals surface area contributed by atoms with Crippen molar-refractivity contribution in [2.45, 2.75) is 44.8 Å². The van der Waals surface area contributed by atoms with E-state index in [9.17, 15) is 4.79 Å². The topological polar surface area (TPSA) is 56.8 Å². The molecule has 0 radical (unpaired) electrons. The molecular formula is C30H30BCl2NO4. The highest BCUT2D eigenvalue weighted by molar-refractivity contribution is 6.56. The van der Waals surface area contributed by atoms with E-state index in [1.165, 1.54) is 11.1 Å². The smallest absolute Gasteiger partial charge is 0.449 e. The van der Waals surface area contributed by atoms with E-state index in [2.05, 4.69) is 29.6 Å². The van der Waals surface area contributed by atoms with E-state index in [0.717, 1.165) is 11.1 Å². The number of halogens is 2. The lowest BCUT2D eigenvalue weighted by Crippen LogP contribution is -2.41. The van der Waals surface area contributed by atoms with Gasteiger partial charge in [-0.2, -0.15) is 0 Å². The van der Waals surface area contributed by atoms with E-state index in [1.807, 2.05) is 58.0 Å². The maximum Gasteiger partial charge on any atom is 0.492 e. The minimum absolute atomic E-state index is 0.0202. The summed E-state index contributed by atoms with van der Waals surface area (Å²) < 4.78 is 18.2. The molecule has 196 valence electrons. The van der Waals surface area contributed by atoms with Crippen LogP contribution in [0.2, 0.25) is 10.0 Å². The molecule has 0 atom stereocenters. The second-order valence-corrected chi connectivity index (χ2v) is 11.4. The molecule has 2 aliphatic rings. The number of carbonyl (C=O) groups is 1. The van der Waals surface area contributed by atoms with E-state index in [-0.39, 0.29) is 19.1 Å². The van der Waals surface area contributed by atoms with Gasteiger partial charge in [-0.1, -0.05) is 83.9 Å². The molecule has 1 fully saturated rings.